The van der Waals surface area contributed by atoms with Gasteiger partial charge in [0.1, 0.15) is 0 Å². The van der Waals surface area contributed by atoms with E-state index in [-0.39, 0.29) is 5.92 Å². The fourth-order valence-electron chi connectivity index (χ4n) is 1.43. The van der Waals surface area contributed by atoms with Crippen LogP contribution in [0.2, 0.25) is 0 Å². The number of hydrogen-bond acceptors (Lipinski definition) is 1. The van der Waals surface area contributed by atoms with E-state index in [9.17, 15) is 4.79 Å². The predicted molar refractivity (Wildman–Crippen MR) is 46.4 cm³/mol. The third kappa shape index (κ3) is 2.18. The second-order valence-corrected chi connectivity index (χ2v) is 3.49. The molecule has 1 rings (SSSR count). The quantitative estimate of drug-likeness (QED) is 0.594. The molecule has 0 atom stereocenters. The minimum atomic E-state index is 0.180. The lowest BCUT2D eigenvalue weighted by molar-refractivity contribution is -0.118. The van der Waals surface area contributed by atoms with Crippen molar-refractivity contribution in [3.8, 4) is 0 Å². The van der Waals surface area contributed by atoms with Gasteiger partial charge in [-0.1, -0.05) is 19.9 Å². The van der Waals surface area contributed by atoms with Crippen molar-refractivity contribution in [3.05, 3.63) is 11.6 Å². The van der Waals surface area contributed by atoms with Gasteiger partial charge in [0.15, 0.2) is 5.78 Å². The van der Waals surface area contributed by atoms with Crippen LogP contribution in [0.5, 0.6) is 0 Å². The Morgan fingerprint density at radius 3 is 2.64 bits per heavy atom. The molecule has 1 aliphatic carbocycles. The van der Waals surface area contributed by atoms with Gasteiger partial charge in [-0.25, -0.2) is 0 Å². The summed E-state index contributed by atoms with van der Waals surface area (Å²) in [5.74, 6) is 0.532. The van der Waals surface area contributed by atoms with Crippen molar-refractivity contribution in [2.24, 2.45) is 5.92 Å². The molecule has 62 valence electrons. The van der Waals surface area contributed by atoms with Gasteiger partial charge in [-0.05, 0) is 31.3 Å². The zero-order chi connectivity index (χ0) is 8.27. The second-order valence-electron chi connectivity index (χ2n) is 3.49. The lowest BCUT2D eigenvalue weighted by Gasteiger charge is -2.12. The average Bonchev–Trinajstić information content (AvgIpc) is 2.05. The third-order valence-electron chi connectivity index (χ3n) is 2.13. The molecule has 0 N–H and O–H groups in total. The van der Waals surface area contributed by atoms with E-state index in [0.717, 1.165) is 18.4 Å². The van der Waals surface area contributed by atoms with E-state index in [1.54, 1.807) is 0 Å². The van der Waals surface area contributed by atoms with Crippen LogP contribution in [-0.4, -0.2) is 5.78 Å². The number of carbonyl (C=O) groups is 1. The van der Waals surface area contributed by atoms with Crippen LogP contribution in [0.4, 0.5) is 0 Å². The first-order valence-corrected chi connectivity index (χ1v) is 4.45. The van der Waals surface area contributed by atoms with Crippen LogP contribution in [0.3, 0.4) is 0 Å². The van der Waals surface area contributed by atoms with Crippen LogP contribution in [0.15, 0.2) is 11.6 Å². The molecular formula is C10H16O. The maximum atomic E-state index is 11.4. The molecule has 0 aromatic carbocycles. The van der Waals surface area contributed by atoms with Crippen LogP contribution in [0.25, 0.3) is 0 Å². The molecule has 0 spiro atoms. The summed E-state index contributed by atoms with van der Waals surface area (Å²) in [4.78, 5) is 11.4. The summed E-state index contributed by atoms with van der Waals surface area (Å²) in [5.41, 5.74) is 1.08. The molecule has 0 bridgehead atoms. The Morgan fingerprint density at radius 1 is 1.45 bits per heavy atom. The molecule has 0 heterocycles. The first kappa shape index (κ1) is 8.51. The molecule has 11 heavy (non-hydrogen) atoms. The number of hydrogen-bond donors (Lipinski definition) is 0. The number of carbonyl (C=O) groups excluding carboxylic acids is 1. The summed E-state index contributed by atoms with van der Waals surface area (Å²) >= 11 is 0. The highest BCUT2D eigenvalue weighted by Crippen LogP contribution is 2.20. The third-order valence-corrected chi connectivity index (χ3v) is 2.13. The second kappa shape index (κ2) is 3.70. The summed E-state index contributed by atoms with van der Waals surface area (Å²) in [6, 6.07) is 0. The fourth-order valence-corrected chi connectivity index (χ4v) is 1.43. The van der Waals surface area contributed by atoms with E-state index in [1.807, 2.05) is 13.8 Å². The summed E-state index contributed by atoms with van der Waals surface area (Å²) in [7, 11) is 0. The maximum absolute atomic E-state index is 11.4. The van der Waals surface area contributed by atoms with Gasteiger partial charge in [-0.2, -0.15) is 0 Å². The molecule has 0 saturated heterocycles. The van der Waals surface area contributed by atoms with E-state index in [0.29, 0.717) is 5.78 Å². The molecule has 0 saturated carbocycles. The van der Waals surface area contributed by atoms with E-state index < -0.39 is 0 Å². The van der Waals surface area contributed by atoms with Crippen molar-refractivity contribution < 1.29 is 4.79 Å². The minimum Gasteiger partial charge on any atom is -0.294 e. The molecule has 0 aliphatic heterocycles. The lowest BCUT2D eigenvalue weighted by Crippen LogP contribution is -2.11. The minimum absolute atomic E-state index is 0.180. The monoisotopic (exact) mass is 152 g/mol. The summed E-state index contributed by atoms with van der Waals surface area (Å²) < 4.78 is 0. The Labute approximate surface area is 68.5 Å². The van der Waals surface area contributed by atoms with Gasteiger partial charge in [-0.3, -0.25) is 4.79 Å². The fraction of sp³-hybridized carbons (Fsp3) is 0.700. The normalized spacial score (nSPS) is 18.3. The maximum Gasteiger partial charge on any atom is 0.161 e. The Morgan fingerprint density at radius 2 is 2.18 bits per heavy atom. The Balaban J connectivity index is 2.58. The van der Waals surface area contributed by atoms with Crippen molar-refractivity contribution in [3.63, 3.8) is 0 Å². The van der Waals surface area contributed by atoms with Gasteiger partial charge in [0, 0.05) is 5.92 Å². The Hall–Kier alpha value is -0.590. The largest absolute Gasteiger partial charge is 0.294 e. The van der Waals surface area contributed by atoms with Gasteiger partial charge in [-0.15, -0.1) is 0 Å². The molecule has 0 radical (unpaired) electrons. The topological polar surface area (TPSA) is 17.1 Å². The van der Waals surface area contributed by atoms with Gasteiger partial charge in [0.05, 0.1) is 0 Å². The molecule has 1 aliphatic rings. The average molecular weight is 152 g/mol. The van der Waals surface area contributed by atoms with Crippen molar-refractivity contribution in [2.75, 3.05) is 0 Å². The van der Waals surface area contributed by atoms with Crippen LogP contribution in [0, 0.1) is 5.92 Å². The number of allylic oxidation sites excluding steroid dienone is 2. The van der Waals surface area contributed by atoms with Crippen LogP contribution < -0.4 is 0 Å². The number of ketones is 1. The van der Waals surface area contributed by atoms with E-state index in [1.165, 1.54) is 12.8 Å². The standard InChI is InChI=1S/C10H16O/c1-8(2)10(11)9-6-4-3-5-7-9/h6,8H,3-5,7H2,1-2H3. The Kier molecular flexibility index (Phi) is 2.86. The van der Waals surface area contributed by atoms with Crippen molar-refractivity contribution in [2.45, 2.75) is 39.5 Å². The van der Waals surface area contributed by atoms with Crippen LogP contribution >= 0.6 is 0 Å². The smallest absolute Gasteiger partial charge is 0.161 e. The van der Waals surface area contributed by atoms with Crippen molar-refractivity contribution >= 4 is 5.78 Å². The van der Waals surface area contributed by atoms with E-state index in [4.69, 9.17) is 0 Å². The van der Waals surface area contributed by atoms with Gasteiger partial charge in [0.2, 0.25) is 0 Å². The van der Waals surface area contributed by atoms with Gasteiger partial charge < -0.3 is 0 Å². The molecule has 0 aromatic heterocycles. The summed E-state index contributed by atoms with van der Waals surface area (Å²) in [6.45, 7) is 3.94. The van der Waals surface area contributed by atoms with E-state index in [2.05, 4.69) is 6.08 Å². The number of Topliss-reactive ketones (excluding diaryl/α,β-unsaturated/α-hetero) is 1. The molecule has 1 heteroatoms. The Bertz CT molecular complexity index is 177. The molecule has 0 aromatic rings. The first-order valence-electron chi connectivity index (χ1n) is 4.45. The van der Waals surface area contributed by atoms with Crippen LogP contribution in [0.1, 0.15) is 39.5 Å². The summed E-state index contributed by atoms with van der Waals surface area (Å²) in [5, 5.41) is 0. The summed E-state index contributed by atoms with van der Waals surface area (Å²) in [6.07, 6.45) is 6.69. The molecule has 0 fully saturated rings. The first-order chi connectivity index (χ1) is 5.22. The van der Waals surface area contributed by atoms with E-state index >= 15 is 0 Å². The molecular weight excluding hydrogens is 136 g/mol. The zero-order valence-corrected chi connectivity index (χ0v) is 7.39. The van der Waals surface area contributed by atoms with Gasteiger partial charge >= 0.3 is 0 Å². The number of rotatable bonds is 2. The lowest BCUT2D eigenvalue weighted by atomic mass is 9.92. The van der Waals surface area contributed by atoms with Crippen LogP contribution in [-0.2, 0) is 4.79 Å². The van der Waals surface area contributed by atoms with Gasteiger partial charge in [0.25, 0.3) is 0 Å². The molecule has 1 nitrogen and oxygen atoms in total. The van der Waals surface area contributed by atoms with Crippen molar-refractivity contribution in [1.29, 1.82) is 0 Å². The zero-order valence-electron chi connectivity index (χ0n) is 7.39. The molecule has 0 unspecified atom stereocenters. The van der Waals surface area contributed by atoms with Crippen molar-refractivity contribution in [1.82, 2.24) is 0 Å². The highest BCUT2D eigenvalue weighted by molar-refractivity contribution is 5.96. The highest BCUT2D eigenvalue weighted by Gasteiger charge is 2.14. The molecule has 0 amide bonds. The SMILES string of the molecule is CC(C)C(=O)C1=CCCCC1. The highest BCUT2D eigenvalue weighted by atomic mass is 16.1. The predicted octanol–water partition coefficient (Wildman–Crippen LogP) is 2.71.